The summed E-state index contributed by atoms with van der Waals surface area (Å²) < 4.78 is 31.9. The molecule has 1 N–H and O–H groups in total. The summed E-state index contributed by atoms with van der Waals surface area (Å²) >= 11 is 0. The minimum absolute atomic E-state index is 0.0338. The van der Waals surface area contributed by atoms with Crippen molar-refractivity contribution in [3.8, 4) is 6.07 Å². The van der Waals surface area contributed by atoms with E-state index in [1.165, 1.54) is 36.8 Å². The number of carbonyl (C=O) groups excluding carboxylic acids is 2. The van der Waals surface area contributed by atoms with Crippen molar-refractivity contribution in [2.24, 2.45) is 0 Å². The van der Waals surface area contributed by atoms with Crippen LogP contribution in [0.25, 0.3) is 0 Å². The summed E-state index contributed by atoms with van der Waals surface area (Å²) in [6.07, 6.45) is 1.95. The zero-order valence-corrected chi connectivity index (χ0v) is 16.7. The Morgan fingerprint density at radius 2 is 1.90 bits per heavy atom. The molecule has 0 radical (unpaired) electrons. The first-order chi connectivity index (χ1) is 13.8. The smallest absolute Gasteiger partial charge is 0.321 e. The van der Waals surface area contributed by atoms with Crippen molar-refractivity contribution in [1.82, 2.24) is 4.72 Å². The molecule has 7 nitrogen and oxygen atoms in total. The van der Waals surface area contributed by atoms with Gasteiger partial charge in [0.05, 0.1) is 10.5 Å². The minimum Gasteiger partial charge on any atom is -0.453 e. The number of hydrogen-bond donors (Lipinski definition) is 1. The molecule has 8 heteroatoms. The molecule has 2 aromatic rings. The molecule has 0 saturated carbocycles. The van der Waals surface area contributed by atoms with E-state index in [9.17, 15) is 18.0 Å². The van der Waals surface area contributed by atoms with Gasteiger partial charge in [0, 0.05) is 5.56 Å². The number of nitrogens with one attached hydrogen (secondary N) is 1. The predicted octanol–water partition coefficient (Wildman–Crippen LogP) is 2.14. The number of nitrogens with zero attached hydrogens (tertiary/aromatic N) is 1. The van der Waals surface area contributed by atoms with E-state index in [1.807, 2.05) is 12.1 Å². The number of sulfonamides is 1. The molecule has 2 aromatic carbocycles. The summed E-state index contributed by atoms with van der Waals surface area (Å²) in [6.45, 7) is 0.802. The van der Waals surface area contributed by atoms with Crippen LogP contribution >= 0.6 is 0 Å². The van der Waals surface area contributed by atoms with Gasteiger partial charge in [0.15, 0.2) is 6.10 Å². The van der Waals surface area contributed by atoms with Gasteiger partial charge in [0.2, 0.25) is 15.8 Å². The molecule has 1 atom stereocenters. The third-order valence-electron chi connectivity index (χ3n) is 4.76. The van der Waals surface area contributed by atoms with E-state index in [-0.39, 0.29) is 16.2 Å². The standard InChI is InChI=1S/C21H20N2O5S/c1-14(21(25)17-10-9-15-6-4-7-16(15)11-17)28-20(24)13-23-29(26,27)19-8-3-2-5-18(19)12-22/h2-3,5,8-11,14,23H,4,6-7,13H2,1H3/t14-/m1/s1. The van der Waals surface area contributed by atoms with E-state index in [1.54, 1.807) is 12.1 Å². The maximum absolute atomic E-state index is 12.5. The lowest BCUT2D eigenvalue weighted by Gasteiger charge is -2.14. The van der Waals surface area contributed by atoms with Crippen LogP contribution in [0, 0.1) is 11.3 Å². The van der Waals surface area contributed by atoms with Crippen LogP contribution in [0.2, 0.25) is 0 Å². The molecular weight excluding hydrogens is 392 g/mol. The maximum Gasteiger partial charge on any atom is 0.321 e. The molecule has 0 saturated heterocycles. The Morgan fingerprint density at radius 1 is 1.17 bits per heavy atom. The van der Waals surface area contributed by atoms with Crippen LogP contribution in [-0.2, 0) is 32.4 Å². The second kappa shape index (κ2) is 8.55. The van der Waals surface area contributed by atoms with Crippen molar-refractivity contribution in [3.63, 3.8) is 0 Å². The monoisotopic (exact) mass is 412 g/mol. The molecule has 0 spiro atoms. The molecule has 0 aliphatic heterocycles. The molecule has 29 heavy (non-hydrogen) atoms. The van der Waals surface area contributed by atoms with E-state index in [0.29, 0.717) is 5.56 Å². The topological polar surface area (TPSA) is 113 Å². The van der Waals surface area contributed by atoms with Crippen LogP contribution in [0.3, 0.4) is 0 Å². The van der Waals surface area contributed by atoms with Crippen LogP contribution in [0.15, 0.2) is 47.4 Å². The van der Waals surface area contributed by atoms with Crippen molar-refractivity contribution in [2.75, 3.05) is 6.54 Å². The lowest BCUT2D eigenvalue weighted by Crippen LogP contribution is -2.34. The number of ether oxygens (including phenoxy) is 1. The van der Waals surface area contributed by atoms with Gasteiger partial charge in [-0.3, -0.25) is 9.59 Å². The Labute approximate surface area is 169 Å². The van der Waals surface area contributed by atoms with Crippen LogP contribution in [0.4, 0.5) is 0 Å². The molecule has 150 valence electrons. The third-order valence-corrected chi connectivity index (χ3v) is 6.22. The van der Waals surface area contributed by atoms with Gasteiger partial charge < -0.3 is 4.74 Å². The Bertz CT molecular complexity index is 1100. The number of aryl methyl sites for hydroxylation is 2. The normalized spacial score (nSPS) is 13.9. The summed E-state index contributed by atoms with van der Waals surface area (Å²) in [5, 5.41) is 9.03. The van der Waals surface area contributed by atoms with Gasteiger partial charge in [-0.2, -0.15) is 9.98 Å². The summed E-state index contributed by atoms with van der Waals surface area (Å²) in [4.78, 5) is 24.4. The SMILES string of the molecule is C[C@@H](OC(=O)CNS(=O)(=O)c1ccccc1C#N)C(=O)c1ccc2c(c1)CCC2. The van der Waals surface area contributed by atoms with Gasteiger partial charge in [0.1, 0.15) is 12.6 Å². The highest BCUT2D eigenvalue weighted by Crippen LogP contribution is 2.23. The van der Waals surface area contributed by atoms with Gasteiger partial charge in [-0.25, -0.2) is 8.42 Å². The highest BCUT2D eigenvalue weighted by molar-refractivity contribution is 7.89. The highest BCUT2D eigenvalue weighted by atomic mass is 32.2. The van der Waals surface area contributed by atoms with Crippen LogP contribution in [-0.4, -0.2) is 32.8 Å². The fraction of sp³-hybridized carbons (Fsp3) is 0.286. The first kappa shape index (κ1) is 20.7. The maximum atomic E-state index is 12.5. The van der Waals surface area contributed by atoms with Crippen LogP contribution < -0.4 is 4.72 Å². The molecule has 0 aromatic heterocycles. The minimum atomic E-state index is -4.07. The molecule has 0 bridgehead atoms. The van der Waals surface area contributed by atoms with Crippen LogP contribution in [0.5, 0.6) is 0 Å². The number of carbonyl (C=O) groups is 2. The molecule has 0 fully saturated rings. The Balaban J connectivity index is 1.60. The summed E-state index contributed by atoms with van der Waals surface area (Å²) in [6, 6.07) is 12.9. The zero-order valence-electron chi connectivity index (χ0n) is 15.8. The van der Waals surface area contributed by atoms with E-state index in [2.05, 4.69) is 4.72 Å². The molecule has 1 aliphatic carbocycles. The van der Waals surface area contributed by atoms with E-state index in [4.69, 9.17) is 10.00 Å². The quantitative estimate of drug-likeness (QED) is 0.551. The van der Waals surface area contributed by atoms with Crippen molar-refractivity contribution < 1.29 is 22.7 Å². The average molecular weight is 412 g/mol. The molecule has 0 heterocycles. The molecular formula is C21H20N2O5S. The fourth-order valence-electron chi connectivity index (χ4n) is 3.28. The Hall–Kier alpha value is -3.02. The van der Waals surface area contributed by atoms with E-state index in [0.717, 1.165) is 24.8 Å². The number of hydrogen-bond acceptors (Lipinski definition) is 6. The number of esters is 1. The van der Waals surface area contributed by atoms with Crippen molar-refractivity contribution in [2.45, 2.75) is 37.2 Å². The second-order valence-electron chi connectivity index (χ2n) is 6.77. The zero-order chi connectivity index (χ0) is 21.0. The number of benzene rings is 2. The van der Waals surface area contributed by atoms with Crippen molar-refractivity contribution in [1.29, 1.82) is 5.26 Å². The number of nitriles is 1. The summed E-state index contributed by atoms with van der Waals surface area (Å²) in [5.41, 5.74) is 2.81. The second-order valence-corrected chi connectivity index (χ2v) is 8.50. The molecule has 1 aliphatic rings. The number of rotatable bonds is 7. The van der Waals surface area contributed by atoms with Gasteiger partial charge >= 0.3 is 5.97 Å². The van der Waals surface area contributed by atoms with Gasteiger partial charge in [0.25, 0.3) is 0 Å². The van der Waals surface area contributed by atoms with Crippen LogP contribution in [0.1, 0.15) is 40.4 Å². The van der Waals surface area contributed by atoms with E-state index < -0.39 is 28.6 Å². The number of fused-ring (bicyclic) bond motifs is 1. The molecule has 3 rings (SSSR count). The van der Waals surface area contributed by atoms with Gasteiger partial charge in [-0.1, -0.05) is 24.3 Å². The van der Waals surface area contributed by atoms with Crippen molar-refractivity contribution in [3.05, 3.63) is 64.7 Å². The predicted molar refractivity (Wildman–Crippen MR) is 105 cm³/mol. The summed E-state index contributed by atoms with van der Waals surface area (Å²) in [7, 11) is -4.07. The first-order valence-electron chi connectivity index (χ1n) is 9.16. The molecule has 0 amide bonds. The lowest BCUT2D eigenvalue weighted by molar-refractivity contribution is -0.144. The lowest BCUT2D eigenvalue weighted by atomic mass is 10.0. The van der Waals surface area contributed by atoms with Crippen molar-refractivity contribution >= 4 is 21.8 Å². The Kier molecular flexibility index (Phi) is 6.11. The average Bonchev–Trinajstić information content (AvgIpc) is 3.19. The van der Waals surface area contributed by atoms with Gasteiger partial charge in [-0.15, -0.1) is 0 Å². The number of Topliss-reactive ketones (excluding diaryl/α,β-unsaturated/α-hetero) is 1. The highest BCUT2D eigenvalue weighted by Gasteiger charge is 2.24. The largest absolute Gasteiger partial charge is 0.453 e. The van der Waals surface area contributed by atoms with E-state index >= 15 is 0 Å². The molecule has 0 unspecified atom stereocenters. The first-order valence-corrected chi connectivity index (χ1v) is 10.6. The van der Waals surface area contributed by atoms with Gasteiger partial charge in [-0.05, 0) is 55.5 Å². The Morgan fingerprint density at radius 3 is 2.66 bits per heavy atom. The summed E-state index contributed by atoms with van der Waals surface area (Å²) in [5.74, 6) is -1.23. The number of ketones is 1. The fourth-order valence-corrected chi connectivity index (χ4v) is 4.40. The third kappa shape index (κ3) is 4.70.